The molecule has 1 heterocycles. The number of aromatic nitrogens is 2. The molecule has 0 amide bonds. The van der Waals surface area contributed by atoms with Crippen LogP contribution >= 0.6 is 0 Å². The third-order valence-electron chi connectivity index (χ3n) is 5.63. The Balaban J connectivity index is 1.66. The summed E-state index contributed by atoms with van der Waals surface area (Å²) < 4.78 is 57.6. The molecule has 0 saturated heterocycles. The lowest BCUT2D eigenvalue weighted by Crippen LogP contribution is -2.43. The van der Waals surface area contributed by atoms with E-state index in [2.05, 4.69) is 5.10 Å². The molecule has 32 heavy (non-hydrogen) atoms. The van der Waals surface area contributed by atoms with Gasteiger partial charge in [-0.05, 0) is 64.4 Å². The van der Waals surface area contributed by atoms with Gasteiger partial charge in [-0.2, -0.15) is 18.3 Å². The van der Waals surface area contributed by atoms with Crippen LogP contribution in [0.4, 0.5) is 17.6 Å². The normalized spacial score (nSPS) is 14.0. The summed E-state index contributed by atoms with van der Waals surface area (Å²) in [5, 5.41) is 17.1. The molecule has 160 valence electrons. The fraction of sp³-hybridized carbons (Fsp3) is 0.0800. The van der Waals surface area contributed by atoms with Gasteiger partial charge in [0, 0.05) is 5.39 Å². The molecule has 5 aromatic rings. The maximum absolute atomic E-state index is 14.3. The Kier molecular flexibility index (Phi) is 4.53. The van der Waals surface area contributed by atoms with Crippen LogP contribution in [-0.4, -0.2) is 21.1 Å². The molecule has 0 aliphatic carbocycles. The second-order valence-corrected chi connectivity index (χ2v) is 7.58. The number of hydrogen-bond acceptors (Lipinski definition) is 2. The molecule has 0 fully saturated rings. The lowest BCUT2D eigenvalue weighted by Gasteiger charge is -2.32. The lowest BCUT2D eigenvalue weighted by molar-refractivity contribution is -0.248. The van der Waals surface area contributed by atoms with Crippen molar-refractivity contribution >= 4 is 21.7 Å². The summed E-state index contributed by atoms with van der Waals surface area (Å²) >= 11 is 0. The summed E-state index contributed by atoms with van der Waals surface area (Å²) in [7, 11) is 0. The quantitative estimate of drug-likeness (QED) is 0.346. The average molecular weight is 436 g/mol. The molecule has 1 N–H and O–H groups in total. The Bertz CT molecular complexity index is 1440. The second kappa shape index (κ2) is 7.17. The molecular formula is C25H16F4N2O. The van der Waals surface area contributed by atoms with Crippen LogP contribution in [0.5, 0.6) is 0 Å². The summed E-state index contributed by atoms with van der Waals surface area (Å²) in [4.78, 5) is 0. The SMILES string of the molecule is OC(c1ccc2ccccc2c1)(c1ccc2c(cnn2-c2ccc(F)cc2)c1)C(F)(F)F. The predicted octanol–water partition coefficient (Wildman–Crippen LogP) is 6.12. The predicted molar refractivity (Wildman–Crippen MR) is 114 cm³/mol. The lowest BCUT2D eigenvalue weighted by atomic mass is 9.84. The fourth-order valence-corrected chi connectivity index (χ4v) is 3.95. The first-order valence-electron chi connectivity index (χ1n) is 9.80. The minimum Gasteiger partial charge on any atom is -0.372 e. The van der Waals surface area contributed by atoms with E-state index in [0.29, 0.717) is 22.0 Å². The number of nitrogens with zero attached hydrogens (tertiary/aromatic N) is 2. The van der Waals surface area contributed by atoms with Crippen LogP contribution in [-0.2, 0) is 5.60 Å². The van der Waals surface area contributed by atoms with Crippen molar-refractivity contribution in [1.82, 2.24) is 9.78 Å². The van der Waals surface area contributed by atoms with E-state index < -0.39 is 17.6 Å². The fourth-order valence-electron chi connectivity index (χ4n) is 3.95. The summed E-state index contributed by atoms with van der Waals surface area (Å²) in [6, 6.07) is 20.8. The highest BCUT2D eigenvalue weighted by Gasteiger charge is 2.56. The van der Waals surface area contributed by atoms with Crippen molar-refractivity contribution in [2.75, 3.05) is 0 Å². The van der Waals surface area contributed by atoms with Gasteiger partial charge in [-0.3, -0.25) is 0 Å². The number of fused-ring (bicyclic) bond motifs is 2. The van der Waals surface area contributed by atoms with E-state index in [9.17, 15) is 22.7 Å². The van der Waals surface area contributed by atoms with Crippen molar-refractivity contribution in [1.29, 1.82) is 0 Å². The van der Waals surface area contributed by atoms with Crippen LogP contribution in [0.2, 0.25) is 0 Å². The molecule has 0 spiro atoms. The molecule has 7 heteroatoms. The van der Waals surface area contributed by atoms with Crippen LogP contribution in [0.1, 0.15) is 11.1 Å². The number of halogens is 4. The Labute approximate surface area is 180 Å². The largest absolute Gasteiger partial charge is 0.425 e. The highest BCUT2D eigenvalue weighted by atomic mass is 19.4. The number of aliphatic hydroxyl groups is 1. The van der Waals surface area contributed by atoms with Gasteiger partial charge < -0.3 is 5.11 Å². The highest BCUT2D eigenvalue weighted by Crippen LogP contribution is 2.45. The van der Waals surface area contributed by atoms with Gasteiger partial charge in [-0.15, -0.1) is 0 Å². The third kappa shape index (κ3) is 3.13. The minimum atomic E-state index is -4.96. The van der Waals surface area contributed by atoms with Gasteiger partial charge in [0.25, 0.3) is 0 Å². The van der Waals surface area contributed by atoms with E-state index in [-0.39, 0.29) is 11.1 Å². The molecular weight excluding hydrogens is 420 g/mol. The molecule has 0 aliphatic rings. The average Bonchev–Trinajstić information content (AvgIpc) is 3.21. The molecule has 0 aliphatic heterocycles. The Hall–Kier alpha value is -3.71. The summed E-state index contributed by atoms with van der Waals surface area (Å²) in [5.41, 5.74) is -2.69. The molecule has 0 radical (unpaired) electrons. The zero-order valence-electron chi connectivity index (χ0n) is 16.5. The standard InChI is InChI=1S/C25H16F4N2O/c26-21-8-10-22(11-9-21)31-23-12-7-20(14-18(23)15-30-31)24(32,25(27,28)29)19-6-5-16-3-1-2-4-17(16)13-19/h1-15,32H. The Morgan fingerprint density at radius 1 is 0.719 bits per heavy atom. The zero-order valence-corrected chi connectivity index (χ0v) is 16.5. The van der Waals surface area contributed by atoms with Gasteiger partial charge in [-0.1, -0.05) is 42.5 Å². The Morgan fingerprint density at radius 3 is 2.03 bits per heavy atom. The molecule has 1 unspecified atom stereocenters. The minimum absolute atomic E-state index is 0.269. The first-order chi connectivity index (χ1) is 15.3. The van der Waals surface area contributed by atoms with E-state index in [4.69, 9.17) is 0 Å². The first kappa shape index (κ1) is 20.2. The van der Waals surface area contributed by atoms with Crippen LogP contribution in [0.3, 0.4) is 0 Å². The molecule has 1 aromatic heterocycles. The monoisotopic (exact) mass is 436 g/mol. The van der Waals surface area contributed by atoms with Gasteiger partial charge in [0.15, 0.2) is 0 Å². The Morgan fingerprint density at radius 2 is 1.34 bits per heavy atom. The van der Waals surface area contributed by atoms with E-state index in [1.807, 2.05) is 0 Å². The number of rotatable bonds is 3. The topological polar surface area (TPSA) is 38.1 Å². The molecule has 0 saturated carbocycles. The smallest absolute Gasteiger partial charge is 0.372 e. The molecule has 0 bridgehead atoms. The van der Waals surface area contributed by atoms with Crippen molar-refractivity contribution in [3.63, 3.8) is 0 Å². The van der Waals surface area contributed by atoms with Crippen molar-refractivity contribution in [2.24, 2.45) is 0 Å². The number of benzene rings is 4. The van der Waals surface area contributed by atoms with Gasteiger partial charge in [0.05, 0.1) is 17.4 Å². The van der Waals surface area contributed by atoms with Crippen molar-refractivity contribution in [3.05, 3.63) is 108 Å². The van der Waals surface area contributed by atoms with Crippen molar-refractivity contribution in [2.45, 2.75) is 11.8 Å². The number of hydrogen-bond donors (Lipinski definition) is 1. The third-order valence-corrected chi connectivity index (χ3v) is 5.63. The van der Waals surface area contributed by atoms with E-state index in [1.54, 1.807) is 30.3 Å². The highest BCUT2D eigenvalue weighted by molar-refractivity contribution is 5.84. The zero-order chi connectivity index (χ0) is 22.5. The summed E-state index contributed by atoms with van der Waals surface area (Å²) in [6.07, 6.45) is -3.55. The molecule has 4 aromatic carbocycles. The molecule has 3 nitrogen and oxygen atoms in total. The maximum atomic E-state index is 14.3. The number of alkyl halides is 3. The van der Waals surface area contributed by atoms with Crippen molar-refractivity contribution < 1.29 is 22.7 Å². The van der Waals surface area contributed by atoms with Gasteiger partial charge in [0.2, 0.25) is 5.60 Å². The van der Waals surface area contributed by atoms with E-state index in [0.717, 1.165) is 5.39 Å². The van der Waals surface area contributed by atoms with Crippen LogP contribution in [0, 0.1) is 5.82 Å². The molecule has 1 atom stereocenters. The van der Waals surface area contributed by atoms with Crippen LogP contribution in [0.15, 0.2) is 91.1 Å². The maximum Gasteiger partial charge on any atom is 0.425 e. The van der Waals surface area contributed by atoms with Crippen LogP contribution < -0.4 is 0 Å². The van der Waals surface area contributed by atoms with Gasteiger partial charge in [-0.25, -0.2) is 9.07 Å². The van der Waals surface area contributed by atoms with Crippen molar-refractivity contribution in [3.8, 4) is 5.69 Å². The van der Waals surface area contributed by atoms with Gasteiger partial charge in [0.1, 0.15) is 5.82 Å². The summed E-state index contributed by atoms with van der Waals surface area (Å²) in [6.45, 7) is 0. The van der Waals surface area contributed by atoms with E-state index >= 15 is 0 Å². The van der Waals surface area contributed by atoms with E-state index in [1.165, 1.54) is 65.5 Å². The first-order valence-corrected chi connectivity index (χ1v) is 9.80. The van der Waals surface area contributed by atoms with Gasteiger partial charge >= 0.3 is 6.18 Å². The summed E-state index contributed by atoms with van der Waals surface area (Å²) in [5.74, 6) is -0.405. The second-order valence-electron chi connectivity index (χ2n) is 7.58. The molecule has 5 rings (SSSR count). The van der Waals surface area contributed by atoms with Crippen LogP contribution in [0.25, 0.3) is 27.4 Å².